The summed E-state index contributed by atoms with van der Waals surface area (Å²) in [6.45, 7) is 9.06. The molecule has 14 heteroatoms. The summed E-state index contributed by atoms with van der Waals surface area (Å²) >= 11 is 6.48. The minimum absolute atomic E-state index is 0.0262. The molecule has 2 aromatic carbocycles. The van der Waals surface area contributed by atoms with Crippen LogP contribution in [0.2, 0.25) is 5.02 Å². The number of β-amino-alcohol motifs (C(OH)–C–C–N with tert-alkyl or cyclic N) is 1. The number of benzene rings is 2. The zero-order valence-corrected chi connectivity index (χ0v) is 34.7. The predicted octanol–water partition coefficient (Wildman–Crippen LogP) is 4.65. The van der Waals surface area contributed by atoms with E-state index in [9.17, 15) is 23.1 Å². The Morgan fingerprint density at radius 3 is 2.62 bits per heavy atom. The van der Waals surface area contributed by atoms with Crippen LogP contribution in [0.3, 0.4) is 0 Å². The third-order valence-electron chi connectivity index (χ3n) is 13.5. The first-order valence-electron chi connectivity index (χ1n) is 20.5. The molecule has 0 unspecified atom stereocenters. The number of halogens is 1. The van der Waals surface area contributed by atoms with Crippen LogP contribution in [-0.2, 0) is 36.1 Å². The van der Waals surface area contributed by atoms with Crippen LogP contribution in [-0.4, -0.2) is 125 Å². The monoisotopic (exact) mass is 814 g/mol. The van der Waals surface area contributed by atoms with Crippen LogP contribution in [0.5, 0.6) is 5.75 Å². The molecular formula is C42H59ClN4O8S. The minimum atomic E-state index is -4.00. The molecule has 1 saturated carbocycles. The summed E-state index contributed by atoms with van der Waals surface area (Å²) in [6, 6.07) is 11.4. The first-order valence-corrected chi connectivity index (χ1v) is 22.4. The molecule has 2 N–H and O–H groups in total. The first-order chi connectivity index (χ1) is 26.8. The van der Waals surface area contributed by atoms with E-state index in [4.69, 9.17) is 25.8 Å². The van der Waals surface area contributed by atoms with Gasteiger partial charge in [-0.2, -0.15) is 0 Å². The van der Waals surface area contributed by atoms with E-state index in [1.807, 2.05) is 17.9 Å². The van der Waals surface area contributed by atoms with E-state index >= 15 is 0 Å². The average molecular weight is 815 g/mol. The topological polar surface area (TPSA) is 138 Å². The number of ether oxygens (including phenoxy) is 3. The zero-order valence-electron chi connectivity index (χ0n) is 33.1. The van der Waals surface area contributed by atoms with Gasteiger partial charge in [-0.3, -0.25) is 14.5 Å². The van der Waals surface area contributed by atoms with Crippen LogP contribution in [0.4, 0.5) is 5.69 Å². The Kier molecular flexibility index (Phi) is 12.6. The van der Waals surface area contributed by atoms with Gasteiger partial charge in [0.05, 0.1) is 49.5 Å². The van der Waals surface area contributed by atoms with Crippen molar-refractivity contribution in [1.29, 1.82) is 0 Å². The summed E-state index contributed by atoms with van der Waals surface area (Å²) in [7, 11) is -2.37. The number of carbonyl (C=O) groups is 2. The molecule has 3 heterocycles. The maximum Gasteiger partial charge on any atom is 0.264 e. The van der Waals surface area contributed by atoms with Crippen molar-refractivity contribution in [2.75, 3.05) is 84.3 Å². The van der Waals surface area contributed by atoms with Crippen molar-refractivity contribution in [3.05, 3.63) is 58.1 Å². The molecular weight excluding hydrogens is 756 g/mol. The van der Waals surface area contributed by atoms with Gasteiger partial charge in [-0.25, -0.2) is 13.1 Å². The second kappa shape index (κ2) is 17.1. The fourth-order valence-corrected chi connectivity index (χ4v) is 11.4. The smallest absolute Gasteiger partial charge is 0.264 e. The lowest BCUT2D eigenvalue weighted by Crippen LogP contribution is -2.60. The number of carbonyl (C=O) groups excluding carboxylic acids is 2. The first kappa shape index (κ1) is 41.2. The van der Waals surface area contributed by atoms with Gasteiger partial charge in [0.25, 0.3) is 5.91 Å². The standard InChI is InChI=1S/C42H59ClN4O8S/c1-29-6-4-15-42(50,27-45-16-17-46(39(48)25-45)18-19-54-21-20-53-3)36-11-8-33(36)24-47-26-41(14-5-7-31-22-34(43)10-12-35(31)41)28-55-38-13-9-32(23-37(38)47)40(49)44-56(51,52)30(29)2/h9-10,12-13,22-23,29-30,33,36,50H,4-8,11,14-21,24-28H2,1-3H3,(H,44,49)/t29-,30+,33-,36+,41-,42+/m0/s1. The van der Waals surface area contributed by atoms with Crippen LogP contribution in [0.25, 0.3) is 0 Å². The van der Waals surface area contributed by atoms with Crippen molar-refractivity contribution in [2.24, 2.45) is 17.8 Å². The minimum Gasteiger partial charge on any atom is -0.490 e. The fraction of sp³-hybridized carbons (Fsp3) is 0.667. The van der Waals surface area contributed by atoms with Crippen LogP contribution in [0, 0.1) is 17.8 Å². The van der Waals surface area contributed by atoms with Gasteiger partial charge in [-0.1, -0.05) is 31.0 Å². The van der Waals surface area contributed by atoms with E-state index in [0.29, 0.717) is 95.7 Å². The molecule has 0 radical (unpaired) electrons. The Bertz CT molecular complexity index is 1870. The molecule has 0 aromatic heterocycles. The maximum atomic E-state index is 13.6. The number of hydrogen-bond donors (Lipinski definition) is 2. The Morgan fingerprint density at radius 2 is 1.86 bits per heavy atom. The molecule has 308 valence electrons. The number of amides is 2. The molecule has 1 saturated heterocycles. The number of nitrogens with one attached hydrogen (secondary N) is 1. The second-order valence-corrected chi connectivity index (χ2v) is 19.6. The SMILES string of the molecule is COCCOCCN1CCN(C[C@]2(O)CCC[C@H](C)[C@@H](C)S(=O)(=O)NC(=O)c3ccc4c(c3)N(C[C@@H]3CC[C@H]32)C[C@@]2(CCCc3cc(Cl)ccc32)CO4)CC1=O. The molecule has 3 aliphatic heterocycles. The van der Waals surface area contributed by atoms with Gasteiger partial charge in [0, 0.05) is 62.4 Å². The van der Waals surface area contributed by atoms with Gasteiger partial charge in [0.2, 0.25) is 15.9 Å². The summed E-state index contributed by atoms with van der Waals surface area (Å²) in [4.78, 5) is 33.2. The van der Waals surface area contributed by atoms with Crippen molar-refractivity contribution >= 4 is 39.1 Å². The Morgan fingerprint density at radius 1 is 1.02 bits per heavy atom. The zero-order chi connectivity index (χ0) is 39.7. The van der Waals surface area contributed by atoms with Crippen molar-refractivity contribution in [2.45, 2.75) is 81.5 Å². The number of rotatable bonds is 8. The number of methoxy groups -OCH3 is 1. The quantitative estimate of drug-likeness (QED) is 0.363. The number of aliphatic hydroxyl groups is 1. The Labute approximate surface area is 337 Å². The lowest BCUT2D eigenvalue weighted by atomic mass is 9.62. The molecule has 56 heavy (non-hydrogen) atoms. The summed E-state index contributed by atoms with van der Waals surface area (Å²) in [5.74, 6) is -0.107. The molecule has 2 aromatic rings. The highest BCUT2D eigenvalue weighted by atomic mass is 35.5. The van der Waals surface area contributed by atoms with Crippen molar-refractivity contribution in [3.63, 3.8) is 0 Å². The summed E-state index contributed by atoms with van der Waals surface area (Å²) in [5, 5.41) is 12.8. The van der Waals surface area contributed by atoms with Crippen molar-refractivity contribution in [1.82, 2.24) is 14.5 Å². The summed E-state index contributed by atoms with van der Waals surface area (Å²) in [6.07, 6.45) is 6.33. The van der Waals surface area contributed by atoms with E-state index in [1.54, 1.807) is 32.2 Å². The number of sulfonamides is 1. The molecule has 12 nitrogen and oxygen atoms in total. The molecule has 5 aliphatic rings. The highest BCUT2D eigenvalue weighted by Gasteiger charge is 2.50. The van der Waals surface area contributed by atoms with Crippen molar-refractivity contribution in [3.8, 4) is 5.75 Å². The van der Waals surface area contributed by atoms with Crippen LogP contribution in [0.1, 0.15) is 80.3 Å². The van der Waals surface area contributed by atoms with Gasteiger partial charge >= 0.3 is 0 Å². The molecule has 6 atom stereocenters. The van der Waals surface area contributed by atoms with Crippen LogP contribution in [0.15, 0.2) is 36.4 Å². The van der Waals surface area contributed by atoms with Gasteiger partial charge in [0.1, 0.15) is 5.75 Å². The van der Waals surface area contributed by atoms with E-state index in [2.05, 4.69) is 26.7 Å². The number of nitrogens with zero attached hydrogens (tertiary/aromatic N) is 3. The van der Waals surface area contributed by atoms with Crippen LogP contribution < -0.4 is 14.4 Å². The Balaban J connectivity index is 1.19. The molecule has 2 amide bonds. The number of hydrogen-bond acceptors (Lipinski definition) is 10. The number of anilines is 1. The fourth-order valence-electron chi connectivity index (χ4n) is 9.90. The number of fused-ring (bicyclic) bond motifs is 4. The molecule has 2 aliphatic carbocycles. The largest absolute Gasteiger partial charge is 0.490 e. The third kappa shape index (κ3) is 8.73. The molecule has 2 fully saturated rings. The highest BCUT2D eigenvalue weighted by Crippen LogP contribution is 2.49. The summed E-state index contributed by atoms with van der Waals surface area (Å²) in [5.41, 5.74) is 2.05. The number of piperazine rings is 1. The second-order valence-electron chi connectivity index (χ2n) is 17.1. The van der Waals surface area contributed by atoms with E-state index in [1.165, 1.54) is 11.1 Å². The van der Waals surface area contributed by atoms with E-state index in [-0.39, 0.29) is 41.2 Å². The van der Waals surface area contributed by atoms with Crippen molar-refractivity contribution < 1.29 is 37.3 Å². The van der Waals surface area contributed by atoms with Gasteiger partial charge < -0.3 is 29.1 Å². The predicted molar refractivity (Wildman–Crippen MR) is 216 cm³/mol. The molecule has 1 spiro atoms. The van der Waals surface area contributed by atoms with Gasteiger partial charge in [-0.05, 0) is 111 Å². The lowest BCUT2D eigenvalue weighted by Gasteiger charge is -2.52. The highest BCUT2D eigenvalue weighted by molar-refractivity contribution is 7.90. The summed E-state index contributed by atoms with van der Waals surface area (Å²) < 4.78 is 46.9. The normalized spacial score (nSPS) is 31.1. The third-order valence-corrected chi connectivity index (χ3v) is 15.6. The van der Waals surface area contributed by atoms with E-state index in [0.717, 1.165) is 37.8 Å². The number of aryl methyl sites for hydroxylation is 1. The van der Waals surface area contributed by atoms with E-state index < -0.39 is 26.8 Å². The average Bonchev–Trinajstić information content (AvgIpc) is 3.29. The Hall–Kier alpha value is -2.94. The maximum absolute atomic E-state index is 13.6. The van der Waals surface area contributed by atoms with Gasteiger partial charge in [-0.15, -0.1) is 0 Å². The van der Waals surface area contributed by atoms with Gasteiger partial charge in [0.15, 0.2) is 0 Å². The lowest BCUT2D eigenvalue weighted by molar-refractivity contribution is -0.142. The van der Waals surface area contributed by atoms with Crippen LogP contribution >= 0.6 is 11.6 Å². The molecule has 7 rings (SSSR count). The molecule has 2 bridgehead atoms.